The van der Waals surface area contributed by atoms with E-state index in [0.717, 1.165) is 29.2 Å². The van der Waals surface area contributed by atoms with E-state index in [4.69, 9.17) is 9.98 Å². The minimum atomic E-state index is 0.649. The zero-order chi connectivity index (χ0) is 19.1. The first-order valence-electron chi connectivity index (χ1n) is 9.29. The molecule has 0 spiro atoms. The summed E-state index contributed by atoms with van der Waals surface area (Å²) < 4.78 is 0. The van der Waals surface area contributed by atoms with Crippen LogP contribution in [0.3, 0.4) is 0 Å². The zero-order valence-corrected chi connectivity index (χ0v) is 16.2. The molecule has 0 aliphatic heterocycles. The molecule has 0 atom stereocenters. The van der Waals surface area contributed by atoms with E-state index in [9.17, 15) is 0 Å². The molecule has 5 heteroatoms. The second-order valence-corrected chi connectivity index (χ2v) is 6.59. The minimum Gasteiger partial charge on any atom is -0.363 e. The highest BCUT2D eigenvalue weighted by Gasteiger charge is 2.08. The Labute approximate surface area is 161 Å². The number of aromatic nitrogens is 1. The number of nitrogens with one attached hydrogen (secondary N) is 2. The lowest BCUT2D eigenvalue weighted by Gasteiger charge is -2.17. The summed E-state index contributed by atoms with van der Waals surface area (Å²) >= 11 is 0. The summed E-state index contributed by atoms with van der Waals surface area (Å²) in [4.78, 5) is 11.5. The van der Waals surface area contributed by atoms with Crippen molar-refractivity contribution in [2.75, 3.05) is 25.5 Å². The number of nitrogens with zero attached hydrogens (tertiary/aromatic N) is 3. The van der Waals surface area contributed by atoms with Crippen molar-refractivity contribution in [3.63, 3.8) is 0 Å². The molecule has 0 unspecified atom stereocenters. The molecule has 0 fully saturated rings. The predicted molar refractivity (Wildman–Crippen MR) is 114 cm³/mol. The van der Waals surface area contributed by atoms with Crippen molar-refractivity contribution in [2.45, 2.75) is 20.0 Å². The van der Waals surface area contributed by atoms with Crippen LogP contribution >= 0.6 is 0 Å². The fraction of sp³-hybridized carbons (Fsp3) is 0.273. The summed E-state index contributed by atoms with van der Waals surface area (Å²) in [5, 5.41) is 7.94. The normalized spacial score (nSPS) is 11.4. The summed E-state index contributed by atoms with van der Waals surface area (Å²) in [6.07, 6.45) is 0. The molecular weight excluding hydrogens is 334 g/mol. The smallest absolute Gasteiger partial charge is 0.191 e. The molecule has 0 amide bonds. The summed E-state index contributed by atoms with van der Waals surface area (Å²) in [7, 11) is 4.03. The summed E-state index contributed by atoms with van der Waals surface area (Å²) in [6, 6.07) is 20.7. The van der Waals surface area contributed by atoms with Crippen molar-refractivity contribution < 1.29 is 0 Å². The monoisotopic (exact) mass is 361 g/mol. The van der Waals surface area contributed by atoms with Crippen molar-refractivity contribution >= 4 is 22.7 Å². The summed E-state index contributed by atoms with van der Waals surface area (Å²) in [5.74, 6) is 1.77. The Kier molecular flexibility index (Phi) is 6.26. The molecule has 5 nitrogen and oxygen atoms in total. The average Bonchev–Trinajstić information content (AvgIpc) is 2.70. The summed E-state index contributed by atoms with van der Waals surface area (Å²) in [5.41, 5.74) is 3.40. The number of para-hydroxylation sites is 1. The van der Waals surface area contributed by atoms with Crippen molar-refractivity contribution in [3.8, 4) is 0 Å². The Hall–Kier alpha value is -3.08. The van der Waals surface area contributed by atoms with Gasteiger partial charge in [0.25, 0.3) is 0 Å². The number of rotatable bonds is 6. The number of guanidine groups is 1. The van der Waals surface area contributed by atoms with Crippen molar-refractivity contribution in [1.82, 2.24) is 15.6 Å². The molecule has 0 saturated heterocycles. The number of benzene rings is 2. The largest absolute Gasteiger partial charge is 0.363 e. The molecule has 2 aromatic carbocycles. The van der Waals surface area contributed by atoms with Crippen molar-refractivity contribution in [3.05, 3.63) is 71.8 Å². The molecule has 27 heavy (non-hydrogen) atoms. The lowest BCUT2D eigenvalue weighted by Crippen LogP contribution is -2.36. The molecule has 0 bridgehead atoms. The molecule has 2 N–H and O–H groups in total. The van der Waals surface area contributed by atoms with Gasteiger partial charge in [0.2, 0.25) is 0 Å². The number of anilines is 1. The highest BCUT2D eigenvalue weighted by Crippen LogP contribution is 2.22. The van der Waals surface area contributed by atoms with Gasteiger partial charge in [-0.1, -0.05) is 48.5 Å². The Morgan fingerprint density at radius 2 is 1.74 bits per heavy atom. The number of hydrogen-bond acceptors (Lipinski definition) is 3. The van der Waals surface area contributed by atoms with Crippen LogP contribution in [0, 0.1) is 0 Å². The van der Waals surface area contributed by atoms with Gasteiger partial charge in [0, 0.05) is 32.6 Å². The number of fused-ring (bicyclic) bond motifs is 1. The van der Waals surface area contributed by atoms with Gasteiger partial charge in [-0.05, 0) is 30.2 Å². The standard InChI is InChI=1S/C22H27N5/c1-4-23-22(24-15-17-10-6-5-7-11-17)25-16-18-14-21(27(2)3)26-20-13-9-8-12-19(18)20/h5-14H,4,15-16H2,1-3H3,(H2,23,24,25). The van der Waals surface area contributed by atoms with Gasteiger partial charge in [-0.2, -0.15) is 0 Å². The maximum Gasteiger partial charge on any atom is 0.191 e. The van der Waals surface area contributed by atoms with Crippen molar-refractivity contribution in [2.24, 2.45) is 4.99 Å². The third-order valence-electron chi connectivity index (χ3n) is 4.30. The zero-order valence-electron chi connectivity index (χ0n) is 16.2. The second kappa shape index (κ2) is 9.03. The number of aliphatic imine (C=N–C) groups is 1. The van der Waals surface area contributed by atoms with Crippen LogP contribution in [0.5, 0.6) is 0 Å². The Morgan fingerprint density at radius 1 is 1.00 bits per heavy atom. The fourth-order valence-corrected chi connectivity index (χ4v) is 2.88. The molecule has 1 aromatic heterocycles. The molecule has 1 heterocycles. The lowest BCUT2D eigenvalue weighted by molar-refractivity contribution is 0.818. The van der Waals surface area contributed by atoms with Gasteiger partial charge in [0.05, 0.1) is 12.1 Å². The van der Waals surface area contributed by atoms with Crippen LogP contribution in [0.25, 0.3) is 10.9 Å². The molecular formula is C22H27N5. The van der Waals surface area contributed by atoms with Gasteiger partial charge in [-0.15, -0.1) is 0 Å². The second-order valence-electron chi connectivity index (χ2n) is 6.59. The van der Waals surface area contributed by atoms with Crippen LogP contribution in [-0.2, 0) is 13.1 Å². The first kappa shape index (κ1) is 18.7. The van der Waals surface area contributed by atoms with E-state index in [1.54, 1.807) is 0 Å². The topological polar surface area (TPSA) is 52.6 Å². The molecule has 0 radical (unpaired) electrons. The third kappa shape index (κ3) is 4.97. The lowest BCUT2D eigenvalue weighted by atomic mass is 10.1. The van der Waals surface area contributed by atoms with Gasteiger partial charge in [-0.25, -0.2) is 9.98 Å². The molecule has 3 aromatic rings. The van der Waals surface area contributed by atoms with Crippen LogP contribution in [0.1, 0.15) is 18.1 Å². The van der Waals surface area contributed by atoms with E-state index >= 15 is 0 Å². The molecule has 140 valence electrons. The van der Waals surface area contributed by atoms with E-state index in [2.05, 4.69) is 54.0 Å². The van der Waals surface area contributed by atoms with Crippen LogP contribution in [0.4, 0.5) is 5.82 Å². The molecule has 0 aliphatic carbocycles. The quantitative estimate of drug-likeness (QED) is 0.521. The van der Waals surface area contributed by atoms with Crippen molar-refractivity contribution in [1.29, 1.82) is 0 Å². The summed E-state index contributed by atoms with van der Waals surface area (Å²) in [6.45, 7) is 4.23. The van der Waals surface area contributed by atoms with Gasteiger partial charge < -0.3 is 15.5 Å². The first-order chi connectivity index (χ1) is 13.2. The third-order valence-corrected chi connectivity index (χ3v) is 4.30. The SMILES string of the molecule is CCNC(=NCc1ccccc1)NCc1cc(N(C)C)nc2ccccc12. The van der Waals surface area contributed by atoms with Gasteiger partial charge in [0.15, 0.2) is 5.96 Å². The van der Waals surface area contributed by atoms with Gasteiger partial charge >= 0.3 is 0 Å². The van der Waals surface area contributed by atoms with Gasteiger partial charge in [-0.3, -0.25) is 0 Å². The maximum absolute atomic E-state index is 4.73. The fourth-order valence-electron chi connectivity index (χ4n) is 2.88. The van der Waals surface area contributed by atoms with Gasteiger partial charge in [0.1, 0.15) is 5.82 Å². The maximum atomic E-state index is 4.73. The Morgan fingerprint density at radius 3 is 2.48 bits per heavy atom. The minimum absolute atomic E-state index is 0.649. The highest BCUT2D eigenvalue weighted by molar-refractivity contribution is 5.85. The average molecular weight is 361 g/mol. The van der Waals surface area contributed by atoms with Crippen LogP contribution < -0.4 is 15.5 Å². The molecule has 0 aliphatic rings. The molecule has 3 rings (SSSR count). The van der Waals surface area contributed by atoms with E-state index in [1.807, 2.05) is 43.3 Å². The van der Waals surface area contributed by atoms with E-state index < -0.39 is 0 Å². The van der Waals surface area contributed by atoms with Crippen LogP contribution in [0.15, 0.2) is 65.7 Å². The highest BCUT2D eigenvalue weighted by atomic mass is 15.2. The number of hydrogen-bond donors (Lipinski definition) is 2. The molecule has 0 saturated carbocycles. The van der Waals surface area contributed by atoms with E-state index in [-0.39, 0.29) is 0 Å². The predicted octanol–water partition coefficient (Wildman–Crippen LogP) is 3.56. The van der Waals surface area contributed by atoms with Crippen LogP contribution in [0.2, 0.25) is 0 Å². The number of pyridine rings is 1. The van der Waals surface area contributed by atoms with Crippen LogP contribution in [-0.4, -0.2) is 31.6 Å². The Bertz CT molecular complexity index is 903. The van der Waals surface area contributed by atoms with E-state index in [1.165, 1.54) is 11.1 Å². The first-order valence-corrected chi connectivity index (χ1v) is 9.29. The Balaban J connectivity index is 1.80. The van der Waals surface area contributed by atoms with E-state index in [0.29, 0.717) is 13.1 Å².